The van der Waals surface area contributed by atoms with Crippen LogP contribution in [-0.4, -0.2) is 53.4 Å². The highest BCUT2D eigenvalue weighted by Gasteiger charge is 2.44. The lowest BCUT2D eigenvalue weighted by Gasteiger charge is -2.35. The van der Waals surface area contributed by atoms with Crippen molar-refractivity contribution in [3.8, 4) is 0 Å². The van der Waals surface area contributed by atoms with Crippen molar-refractivity contribution in [3.63, 3.8) is 0 Å². The molecule has 3 heterocycles. The highest BCUT2D eigenvalue weighted by Crippen LogP contribution is 2.40. The topological polar surface area (TPSA) is 66.9 Å². The number of piperidine rings is 1. The van der Waals surface area contributed by atoms with E-state index in [1.54, 1.807) is 11.8 Å². The normalized spacial score (nSPS) is 17.6. The maximum atomic E-state index is 13.4. The molecule has 31 heavy (non-hydrogen) atoms. The van der Waals surface area contributed by atoms with Crippen LogP contribution >= 0.6 is 23.1 Å². The van der Waals surface area contributed by atoms with Crippen LogP contribution in [0.5, 0.6) is 0 Å². The number of nitrogens with zero attached hydrogens (tertiary/aromatic N) is 2. The molecule has 2 aliphatic rings. The number of ether oxygens (including phenoxy) is 1. The van der Waals surface area contributed by atoms with Gasteiger partial charge in [-0.05, 0) is 36.8 Å². The van der Waals surface area contributed by atoms with Gasteiger partial charge in [-0.1, -0.05) is 36.4 Å². The van der Waals surface area contributed by atoms with Crippen LogP contribution in [0.3, 0.4) is 0 Å². The molecule has 0 unspecified atom stereocenters. The molecule has 0 saturated carbocycles. The van der Waals surface area contributed by atoms with Crippen molar-refractivity contribution in [2.45, 2.75) is 31.6 Å². The Balaban J connectivity index is 1.52. The van der Waals surface area contributed by atoms with Gasteiger partial charge in [0.25, 0.3) is 11.8 Å². The van der Waals surface area contributed by atoms with Crippen molar-refractivity contribution in [2.75, 3.05) is 19.7 Å². The zero-order valence-corrected chi connectivity index (χ0v) is 18.9. The lowest BCUT2D eigenvalue weighted by Crippen LogP contribution is -2.49. The van der Waals surface area contributed by atoms with Gasteiger partial charge < -0.3 is 9.64 Å². The number of amides is 3. The zero-order valence-electron chi connectivity index (χ0n) is 17.3. The van der Waals surface area contributed by atoms with Crippen LogP contribution in [0.25, 0.3) is 5.57 Å². The minimum absolute atomic E-state index is 0.213. The number of carbonyl (C=O) groups excluding carboxylic acids is 3. The van der Waals surface area contributed by atoms with Crippen molar-refractivity contribution in [1.29, 1.82) is 0 Å². The molecule has 162 valence electrons. The first-order chi connectivity index (χ1) is 15.1. The van der Waals surface area contributed by atoms with Crippen molar-refractivity contribution >= 4 is 46.6 Å². The monoisotopic (exact) mass is 456 g/mol. The first kappa shape index (κ1) is 21.6. The lowest BCUT2D eigenvalue weighted by atomic mass is 10.0. The fourth-order valence-electron chi connectivity index (χ4n) is 3.88. The summed E-state index contributed by atoms with van der Waals surface area (Å²) in [4.78, 5) is 43.2. The Morgan fingerprint density at radius 2 is 1.84 bits per heavy atom. The van der Waals surface area contributed by atoms with E-state index in [4.69, 9.17) is 4.74 Å². The Hall–Kier alpha value is -2.58. The van der Waals surface area contributed by atoms with Crippen molar-refractivity contribution in [1.82, 2.24) is 9.80 Å². The summed E-state index contributed by atoms with van der Waals surface area (Å²) in [5, 5.41) is 1.92. The standard InChI is InChI=1S/C23H24N2O4S2/c1-2-29-23(28)24-12-10-17(11-13-24)25-21(26)19(18-9-6-14-30-18)20(22(25)27)31-15-16-7-4-3-5-8-16/h3-9,14,17H,2,10-13,15H2,1H3. The van der Waals surface area contributed by atoms with E-state index in [0.717, 1.165) is 10.4 Å². The lowest BCUT2D eigenvalue weighted by molar-refractivity contribution is -0.140. The third kappa shape index (κ3) is 4.55. The molecule has 3 amide bonds. The third-order valence-corrected chi connectivity index (χ3v) is 7.45. The molecule has 0 atom stereocenters. The van der Waals surface area contributed by atoms with E-state index in [9.17, 15) is 14.4 Å². The minimum Gasteiger partial charge on any atom is -0.450 e. The summed E-state index contributed by atoms with van der Waals surface area (Å²) in [6.45, 7) is 3.05. The van der Waals surface area contributed by atoms with Gasteiger partial charge in [0.15, 0.2) is 0 Å². The Labute approximate surface area is 189 Å². The third-order valence-electron chi connectivity index (χ3n) is 5.42. The number of rotatable bonds is 6. The number of benzene rings is 1. The number of thiophene rings is 1. The second kappa shape index (κ2) is 9.70. The summed E-state index contributed by atoms with van der Waals surface area (Å²) >= 11 is 2.89. The predicted octanol–water partition coefficient (Wildman–Crippen LogP) is 4.38. The molecular weight excluding hydrogens is 432 g/mol. The van der Waals surface area contributed by atoms with Crippen LogP contribution in [0.2, 0.25) is 0 Å². The summed E-state index contributed by atoms with van der Waals surface area (Å²) in [5.41, 5.74) is 1.61. The van der Waals surface area contributed by atoms with Crippen molar-refractivity contribution in [3.05, 3.63) is 63.2 Å². The van der Waals surface area contributed by atoms with E-state index >= 15 is 0 Å². The Morgan fingerprint density at radius 3 is 2.48 bits per heavy atom. The number of hydrogen-bond donors (Lipinski definition) is 0. The fourth-order valence-corrected chi connectivity index (χ4v) is 5.78. The highest BCUT2D eigenvalue weighted by molar-refractivity contribution is 8.03. The van der Waals surface area contributed by atoms with Gasteiger partial charge in [0.1, 0.15) is 0 Å². The smallest absolute Gasteiger partial charge is 0.409 e. The van der Waals surface area contributed by atoms with Gasteiger partial charge in [-0.15, -0.1) is 23.1 Å². The minimum atomic E-state index is -0.337. The molecule has 0 radical (unpaired) electrons. The largest absolute Gasteiger partial charge is 0.450 e. The Kier molecular flexibility index (Phi) is 6.77. The van der Waals surface area contributed by atoms with Gasteiger partial charge >= 0.3 is 6.09 Å². The first-order valence-corrected chi connectivity index (χ1v) is 12.2. The van der Waals surface area contributed by atoms with Gasteiger partial charge in [0.2, 0.25) is 0 Å². The van der Waals surface area contributed by atoms with E-state index in [1.165, 1.54) is 28.0 Å². The molecule has 6 nitrogen and oxygen atoms in total. The van der Waals surface area contributed by atoms with Crippen molar-refractivity contribution < 1.29 is 19.1 Å². The summed E-state index contributed by atoms with van der Waals surface area (Å²) in [7, 11) is 0. The number of imide groups is 1. The predicted molar refractivity (Wildman–Crippen MR) is 122 cm³/mol. The summed E-state index contributed by atoms with van der Waals surface area (Å²) in [6.07, 6.45) is 0.784. The van der Waals surface area contributed by atoms with Crippen LogP contribution in [0.4, 0.5) is 4.79 Å². The second-order valence-corrected chi connectivity index (χ2v) is 9.29. The molecule has 2 aromatic rings. The average Bonchev–Trinajstić information content (AvgIpc) is 3.39. The quantitative estimate of drug-likeness (QED) is 0.604. The van der Waals surface area contributed by atoms with Crippen LogP contribution < -0.4 is 0 Å². The number of likely N-dealkylation sites (tertiary alicyclic amines) is 1. The maximum absolute atomic E-state index is 13.4. The molecule has 4 rings (SSSR count). The molecule has 1 aromatic heterocycles. The molecule has 1 fully saturated rings. The van der Waals surface area contributed by atoms with Gasteiger partial charge in [-0.25, -0.2) is 4.79 Å². The number of carbonyl (C=O) groups is 3. The summed E-state index contributed by atoms with van der Waals surface area (Å²) in [5.74, 6) is 0.181. The summed E-state index contributed by atoms with van der Waals surface area (Å²) < 4.78 is 5.07. The van der Waals surface area contributed by atoms with Crippen LogP contribution in [0, 0.1) is 0 Å². The zero-order chi connectivity index (χ0) is 21.8. The molecule has 1 aromatic carbocycles. The number of thioether (sulfide) groups is 1. The van der Waals surface area contributed by atoms with E-state index in [1.807, 2.05) is 47.8 Å². The number of hydrogen-bond acceptors (Lipinski definition) is 6. The van der Waals surface area contributed by atoms with E-state index in [2.05, 4.69) is 0 Å². The maximum Gasteiger partial charge on any atom is 0.409 e. The first-order valence-electron chi connectivity index (χ1n) is 10.3. The Bertz CT molecular complexity index is 980. The van der Waals surface area contributed by atoms with E-state index < -0.39 is 0 Å². The summed E-state index contributed by atoms with van der Waals surface area (Å²) in [6, 6.07) is 13.5. The van der Waals surface area contributed by atoms with Gasteiger partial charge in [0.05, 0.1) is 17.1 Å². The van der Waals surface area contributed by atoms with Crippen LogP contribution in [0.1, 0.15) is 30.2 Å². The van der Waals surface area contributed by atoms with Crippen LogP contribution in [0.15, 0.2) is 52.7 Å². The molecule has 2 aliphatic heterocycles. The van der Waals surface area contributed by atoms with Gasteiger partial charge in [0, 0.05) is 29.8 Å². The van der Waals surface area contributed by atoms with Gasteiger partial charge in [-0.3, -0.25) is 14.5 Å². The van der Waals surface area contributed by atoms with E-state index in [0.29, 0.717) is 48.8 Å². The van der Waals surface area contributed by atoms with E-state index in [-0.39, 0.29) is 23.9 Å². The van der Waals surface area contributed by atoms with Crippen LogP contribution in [-0.2, 0) is 20.1 Å². The molecular formula is C23H24N2O4S2. The molecule has 0 spiro atoms. The highest BCUT2D eigenvalue weighted by atomic mass is 32.2. The van der Waals surface area contributed by atoms with Crippen molar-refractivity contribution in [2.24, 2.45) is 0 Å². The molecule has 0 N–H and O–H groups in total. The molecule has 1 saturated heterocycles. The SMILES string of the molecule is CCOC(=O)N1CCC(N2C(=O)C(SCc3ccccc3)=C(c3cccs3)C2=O)CC1. The average molecular weight is 457 g/mol. The molecule has 0 bridgehead atoms. The van der Waals surface area contributed by atoms with Gasteiger partial charge in [-0.2, -0.15) is 0 Å². The molecule has 8 heteroatoms. The fraction of sp³-hybridized carbons (Fsp3) is 0.348. The molecule has 0 aliphatic carbocycles. The Morgan fingerprint density at radius 1 is 1.10 bits per heavy atom. The second-order valence-electron chi connectivity index (χ2n) is 7.35.